The Morgan fingerprint density at radius 2 is 2.07 bits per heavy atom. The van der Waals surface area contributed by atoms with Crippen LogP contribution >= 0.6 is 0 Å². The summed E-state index contributed by atoms with van der Waals surface area (Å²) in [5.41, 5.74) is 2.59. The number of hydrogen-bond donors (Lipinski definition) is 2. The van der Waals surface area contributed by atoms with Gasteiger partial charge in [0.05, 0.1) is 11.4 Å². The van der Waals surface area contributed by atoms with Crippen molar-refractivity contribution in [2.24, 2.45) is 0 Å². The van der Waals surface area contributed by atoms with Gasteiger partial charge in [-0.25, -0.2) is 0 Å². The summed E-state index contributed by atoms with van der Waals surface area (Å²) in [5.74, 6) is 0.765. The fourth-order valence-corrected chi connectivity index (χ4v) is 2.41. The molecule has 3 heteroatoms. The molecule has 1 unspecified atom stereocenters. The zero-order valence-electron chi connectivity index (χ0n) is 9.13. The van der Waals surface area contributed by atoms with Gasteiger partial charge in [0.25, 0.3) is 0 Å². The predicted octanol–water partition coefficient (Wildman–Crippen LogP) is 2.49. The molecule has 82 valence electrons. The minimum absolute atomic E-state index is 0.521. The number of H-pyrrole nitrogens is 1. The Morgan fingerprint density at radius 3 is 2.93 bits per heavy atom. The highest BCUT2D eigenvalue weighted by molar-refractivity contribution is 5.19. The Bertz CT molecular complexity index is 319. The van der Waals surface area contributed by atoms with Crippen LogP contribution in [0.1, 0.15) is 61.9 Å². The van der Waals surface area contributed by atoms with E-state index in [2.05, 4.69) is 21.6 Å². The molecule has 1 aliphatic heterocycles. The molecule has 1 saturated carbocycles. The fourth-order valence-electron chi connectivity index (χ4n) is 2.41. The first-order valence-electron chi connectivity index (χ1n) is 6.22. The Kier molecular flexibility index (Phi) is 2.49. The van der Waals surface area contributed by atoms with Crippen LogP contribution in [0.4, 0.5) is 0 Å². The van der Waals surface area contributed by atoms with E-state index in [0.717, 1.165) is 12.5 Å². The summed E-state index contributed by atoms with van der Waals surface area (Å²) in [6.07, 6.45) is 7.96. The molecule has 0 amide bonds. The molecule has 2 aliphatic rings. The highest BCUT2D eigenvalue weighted by Crippen LogP contribution is 2.39. The van der Waals surface area contributed by atoms with Crippen LogP contribution in [0, 0.1) is 0 Å². The third kappa shape index (κ3) is 2.07. The van der Waals surface area contributed by atoms with E-state index in [1.807, 2.05) is 0 Å². The first-order chi connectivity index (χ1) is 7.43. The Morgan fingerprint density at radius 1 is 1.13 bits per heavy atom. The van der Waals surface area contributed by atoms with Gasteiger partial charge < -0.3 is 5.32 Å². The molecule has 1 aliphatic carbocycles. The second kappa shape index (κ2) is 3.97. The molecular formula is C12H19N3. The molecule has 1 aromatic heterocycles. The third-order valence-corrected chi connectivity index (χ3v) is 3.55. The molecule has 2 heterocycles. The van der Waals surface area contributed by atoms with Crippen LogP contribution in [0.2, 0.25) is 0 Å². The Labute approximate surface area is 90.7 Å². The minimum Gasteiger partial charge on any atom is -0.309 e. The second-order valence-corrected chi connectivity index (χ2v) is 4.88. The van der Waals surface area contributed by atoms with Crippen molar-refractivity contribution in [3.05, 3.63) is 17.5 Å². The minimum atomic E-state index is 0.521. The van der Waals surface area contributed by atoms with Crippen LogP contribution in [-0.2, 0) is 0 Å². The second-order valence-electron chi connectivity index (χ2n) is 4.88. The molecule has 1 atom stereocenters. The summed E-state index contributed by atoms with van der Waals surface area (Å²) in [5, 5.41) is 11.2. The van der Waals surface area contributed by atoms with Gasteiger partial charge in [-0.2, -0.15) is 5.10 Å². The average Bonchev–Trinajstić information content (AvgIpc) is 3.04. The Balaban J connectivity index is 1.72. The van der Waals surface area contributed by atoms with Gasteiger partial charge in [-0.1, -0.05) is 12.8 Å². The number of aromatic nitrogens is 2. The van der Waals surface area contributed by atoms with Crippen molar-refractivity contribution in [2.75, 3.05) is 6.54 Å². The first-order valence-corrected chi connectivity index (χ1v) is 6.22. The molecular weight excluding hydrogens is 186 g/mol. The lowest BCUT2D eigenvalue weighted by atomic mass is 10.1. The number of rotatable bonds is 2. The van der Waals surface area contributed by atoms with Crippen molar-refractivity contribution in [1.82, 2.24) is 15.5 Å². The highest BCUT2D eigenvalue weighted by Gasteiger charge is 2.27. The maximum atomic E-state index is 4.42. The molecule has 0 spiro atoms. The van der Waals surface area contributed by atoms with Crippen LogP contribution in [0.5, 0.6) is 0 Å². The number of nitrogens with one attached hydrogen (secondary N) is 2. The fraction of sp³-hybridized carbons (Fsp3) is 0.750. The summed E-state index contributed by atoms with van der Waals surface area (Å²) in [7, 11) is 0. The molecule has 0 radical (unpaired) electrons. The van der Waals surface area contributed by atoms with Gasteiger partial charge in [0, 0.05) is 12.0 Å². The lowest BCUT2D eigenvalue weighted by molar-refractivity contribution is 0.521. The van der Waals surface area contributed by atoms with Gasteiger partial charge in [0.2, 0.25) is 0 Å². The molecule has 0 bridgehead atoms. The largest absolute Gasteiger partial charge is 0.309 e. The van der Waals surface area contributed by atoms with Gasteiger partial charge >= 0.3 is 0 Å². The standard InChI is InChI=1S/C12H19N3/c1-2-4-10(13-7-3-1)12-8-11(14-15-12)9-5-6-9/h8-10,13H,1-7H2,(H,14,15). The molecule has 2 N–H and O–H groups in total. The van der Waals surface area contributed by atoms with E-state index in [-0.39, 0.29) is 0 Å². The van der Waals surface area contributed by atoms with Crippen molar-refractivity contribution in [2.45, 2.75) is 50.5 Å². The van der Waals surface area contributed by atoms with E-state index < -0.39 is 0 Å². The van der Waals surface area contributed by atoms with Crippen LogP contribution in [0.3, 0.4) is 0 Å². The van der Waals surface area contributed by atoms with Crippen molar-refractivity contribution in [3.63, 3.8) is 0 Å². The van der Waals surface area contributed by atoms with Crippen LogP contribution in [0.25, 0.3) is 0 Å². The zero-order chi connectivity index (χ0) is 10.1. The van der Waals surface area contributed by atoms with Crippen LogP contribution in [-0.4, -0.2) is 16.7 Å². The summed E-state index contributed by atoms with van der Waals surface area (Å²) in [6.45, 7) is 1.16. The molecule has 2 fully saturated rings. The number of nitrogens with zero attached hydrogens (tertiary/aromatic N) is 1. The van der Waals surface area contributed by atoms with Gasteiger partial charge in [0.15, 0.2) is 0 Å². The van der Waals surface area contributed by atoms with Gasteiger partial charge in [-0.3, -0.25) is 5.10 Å². The zero-order valence-corrected chi connectivity index (χ0v) is 9.13. The number of hydrogen-bond acceptors (Lipinski definition) is 2. The quantitative estimate of drug-likeness (QED) is 0.778. The van der Waals surface area contributed by atoms with Crippen molar-refractivity contribution < 1.29 is 0 Å². The van der Waals surface area contributed by atoms with Gasteiger partial charge in [-0.15, -0.1) is 0 Å². The van der Waals surface area contributed by atoms with Crippen molar-refractivity contribution in [1.29, 1.82) is 0 Å². The molecule has 0 aromatic carbocycles. The van der Waals surface area contributed by atoms with E-state index in [1.54, 1.807) is 0 Å². The lowest BCUT2D eigenvalue weighted by Gasteiger charge is -2.12. The van der Waals surface area contributed by atoms with E-state index in [4.69, 9.17) is 0 Å². The first kappa shape index (κ1) is 9.40. The monoisotopic (exact) mass is 205 g/mol. The predicted molar refractivity (Wildman–Crippen MR) is 59.8 cm³/mol. The summed E-state index contributed by atoms with van der Waals surface area (Å²) < 4.78 is 0. The summed E-state index contributed by atoms with van der Waals surface area (Å²) >= 11 is 0. The average molecular weight is 205 g/mol. The maximum absolute atomic E-state index is 4.42. The lowest BCUT2D eigenvalue weighted by Crippen LogP contribution is -2.20. The van der Waals surface area contributed by atoms with E-state index in [0.29, 0.717) is 6.04 Å². The van der Waals surface area contributed by atoms with Crippen molar-refractivity contribution in [3.8, 4) is 0 Å². The summed E-state index contributed by atoms with van der Waals surface area (Å²) in [6, 6.07) is 2.80. The molecule has 15 heavy (non-hydrogen) atoms. The number of aromatic amines is 1. The Hall–Kier alpha value is -0.830. The van der Waals surface area contributed by atoms with Gasteiger partial charge in [-0.05, 0) is 38.3 Å². The molecule has 3 rings (SSSR count). The molecule has 1 saturated heterocycles. The van der Waals surface area contributed by atoms with E-state index >= 15 is 0 Å². The molecule has 3 nitrogen and oxygen atoms in total. The smallest absolute Gasteiger partial charge is 0.0656 e. The van der Waals surface area contributed by atoms with Crippen LogP contribution < -0.4 is 5.32 Å². The van der Waals surface area contributed by atoms with E-state index in [1.165, 1.54) is 49.9 Å². The van der Waals surface area contributed by atoms with E-state index in [9.17, 15) is 0 Å². The van der Waals surface area contributed by atoms with Crippen molar-refractivity contribution >= 4 is 0 Å². The third-order valence-electron chi connectivity index (χ3n) is 3.55. The van der Waals surface area contributed by atoms with Gasteiger partial charge in [0.1, 0.15) is 0 Å². The van der Waals surface area contributed by atoms with Crippen LogP contribution in [0.15, 0.2) is 6.07 Å². The molecule has 1 aromatic rings. The summed E-state index contributed by atoms with van der Waals surface area (Å²) in [4.78, 5) is 0. The SMILES string of the molecule is c1c(C2CC2)n[nH]c1C1CCCCCN1. The maximum Gasteiger partial charge on any atom is 0.0656 e. The topological polar surface area (TPSA) is 40.7 Å². The normalized spacial score (nSPS) is 27.6. The highest BCUT2D eigenvalue weighted by atomic mass is 15.1.